The third kappa shape index (κ3) is 3.13. The van der Waals surface area contributed by atoms with Crippen LogP contribution in [-0.4, -0.2) is 33.7 Å². The van der Waals surface area contributed by atoms with Crippen molar-refractivity contribution in [3.63, 3.8) is 0 Å². The third-order valence-corrected chi connectivity index (χ3v) is 5.14. The molecular formula is C13H18N2O3S. The molecule has 0 spiro atoms. The predicted octanol–water partition coefficient (Wildman–Crippen LogP) is 0.631. The molecule has 0 saturated carbocycles. The van der Waals surface area contributed by atoms with Crippen LogP contribution in [-0.2, 0) is 14.6 Å². The lowest BCUT2D eigenvalue weighted by atomic mass is 10.0. The summed E-state index contributed by atoms with van der Waals surface area (Å²) in [5, 5.41) is 5.82. The maximum atomic E-state index is 12.0. The molecule has 2 N–H and O–H groups in total. The molecule has 19 heavy (non-hydrogen) atoms. The molecule has 1 unspecified atom stereocenters. The second-order valence-corrected chi connectivity index (χ2v) is 6.65. The first-order valence-corrected chi connectivity index (χ1v) is 7.95. The number of nitrogens with one attached hydrogen (secondary N) is 2. The lowest BCUT2D eigenvalue weighted by Gasteiger charge is -2.26. The van der Waals surface area contributed by atoms with E-state index in [0.717, 1.165) is 5.56 Å². The van der Waals surface area contributed by atoms with Gasteiger partial charge in [-0.25, -0.2) is 8.42 Å². The van der Waals surface area contributed by atoms with E-state index >= 15 is 0 Å². The Balaban J connectivity index is 2.10. The van der Waals surface area contributed by atoms with Crippen LogP contribution in [0, 0.1) is 0 Å². The van der Waals surface area contributed by atoms with Gasteiger partial charge < -0.3 is 10.6 Å². The normalized spacial score (nSPS) is 20.6. The quantitative estimate of drug-likeness (QED) is 0.849. The summed E-state index contributed by atoms with van der Waals surface area (Å²) in [6.07, 6.45) is 0.939. The van der Waals surface area contributed by atoms with Crippen LogP contribution >= 0.6 is 0 Å². The molecule has 1 aromatic carbocycles. The van der Waals surface area contributed by atoms with Crippen molar-refractivity contribution in [2.45, 2.75) is 23.8 Å². The van der Waals surface area contributed by atoms with Gasteiger partial charge in [0.25, 0.3) is 0 Å². The zero-order valence-corrected chi connectivity index (χ0v) is 11.7. The topological polar surface area (TPSA) is 75.3 Å². The maximum absolute atomic E-state index is 12.0. The Kier molecular flexibility index (Phi) is 4.21. The Morgan fingerprint density at radius 1 is 1.37 bits per heavy atom. The van der Waals surface area contributed by atoms with Crippen molar-refractivity contribution in [1.29, 1.82) is 0 Å². The van der Waals surface area contributed by atoms with E-state index in [4.69, 9.17) is 0 Å². The average molecular weight is 282 g/mol. The summed E-state index contributed by atoms with van der Waals surface area (Å²) in [5.74, 6) is 0.131. The fourth-order valence-electron chi connectivity index (χ4n) is 2.29. The molecule has 0 aromatic heterocycles. The molecule has 2 rings (SSSR count). The van der Waals surface area contributed by atoms with Gasteiger partial charge in [0.2, 0.25) is 5.91 Å². The van der Waals surface area contributed by atoms with Gasteiger partial charge >= 0.3 is 0 Å². The molecule has 0 bridgehead atoms. The van der Waals surface area contributed by atoms with Crippen LogP contribution < -0.4 is 10.6 Å². The highest BCUT2D eigenvalue weighted by atomic mass is 32.2. The summed E-state index contributed by atoms with van der Waals surface area (Å²) in [6, 6.07) is 7.07. The second kappa shape index (κ2) is 5.71. The van der Waals surface area contributed by atoms with E-state index in [1.807, 2.05) is 12.1 Å². The van der Waals surface area contributed by atoms with E-state index in [1.54, 1.807) is 19.2 Å². The zero-order valence-electron chi connectivity index (χ0n) is 10.8. The van der Waals surface area contributed by atoms with Crippen LogP contribution in [0.1, 0.15) is 24.4 Å². The molecule has 1 aromatic rings. The first kappa shape index (κ1) is 14.0. The largest absolute Gasteiger partial charge is 0.359 e. The molecule has 1 heterocycles. The smallest absolute Gasteiger partial charge is 0.221 e. The molecule has 1 atom stereocenters. The second-order valence-electron chi connectivity index (χ2n) is 4.58. The summed E-state index contributed by atoms with van der Waals surface area (Å²) in [7, 11) is -1.54. The van der Waals surface area contributed by atoms with Crippen molar-refractivity contribution in [3.8, 4) is 0 Å². The zero-order chi connectivity index (χ0) is 13.9. The summed E-state index contributed by atoms with van der Waals surface area (Å²) < 4.78 is 23.9. The van der Waals surface area contributed by atoms with Crippen LogP contribution in [0.5, 0.6) is 0 Å². The van der Waals surface area contributed by atoms with Crippen molar-refractivity contribution in [2.75, 3.05) is 19.3 Å². The van der Waals surface area contributed by atoms with Crippen molar-refractivity contribution in [1.82, 2.24) is 10.6 Å². The molecule has 0 fully saturated rings. The Morgan fingerprint density at radius 2 is 2.11 bits per heavy atom. The van der Waals surface area contributed by atoms with Crippen LogP contribution in [0.4, 0.5) is 0 Å². The van der Waals surface area contributed by atoms with Crippen LogP contribution in [0.25, 0.3) is 0 Å². The monoisotopic (exact) mass is 282 g/mol. The minimum absolute atomic E-state index is 0.00406. The molecule has 6 heteroatoms. The Morgan fingerprint density at radius 3 is 2.84 bits per heavy atom. The number of benzene rings is 1. The number of amides is 1. The first-order valence-electron chi connectivity index (χ1n) is 6.30. The Labute approximate surface area is 113 Å². The number of hydrogen-bond donors (Lipinski definition) is 2. The van der Waals surface area contributed by atoms with Crippen molar-refractivity contribution < 1.29 is 13.2 Å². The average Bonchev–Trinajstić information content (AvgIpc) is 2.41. The minimum atomic E-state index is -3.14. The van der Waals surface area contributed by atoms with Crippen molar-refractivity contribution in [2.24, 2.45) is 0 Å². The molecule has 1 aliphatic heterocycles. The molecule has 104 valence electrons. The number of carbonyl (C=O) groups is 1. The van der Waals surface area contributed by atoms with E-state index in [9.17, 15) is 13.2 Å². The molecule has 0 radical (unpaired) electrons. The van der Waals surface area contributed by atoms with Gasteiger partial charge in [-0.15, -0.1) is 0 Å². The molecular weight excluding hydrogens is 264 g/mol. The van der Waals surface area contributed by atoms with E-state index < -0.39 is 9.84 Å². The van der Waals surface area contributed by atoms with E-state index in [0.29, 0.717) is 24.3 Å². The lowest BCUT2D eigenvalue weighted by molar-refractivity contribution is -0.120. The number of hydrogen-bond acceptors (Lipinski definition) is 4. The molecule has 1 aliphatic rings. The molecule has 5 nitrogen and oxygen atoms in total. The van der Waals surface area contributed by atoms with Gasteiger partial charge in [-0.3, -0.25) is 4.79 Å². The molecule has 0 saturated heterocycles. The van der Waals surface area contributed by atoms with Gasteiger partial charge in [0, 0.05) is 26.1 Å². The molecule has 1 amide bonds. The van der Waals surface area contributed by atoms with Crippen LogP contribution in [0.3, 0.4) is 0 Å². The standard InChI is InChI=1S/C13H18N2O3S/c1-14-13(16)6-8-15-11-7-9-19(17,18)12-5-3-2-4-10(11)12/h2-5,11,15H,6-9H2,1H3,(H,14,16). The van der Waals surface area contributed by atoms with Gasteiger partial charge in [0.05, 0.1) is 10.6 Å². The maximum Gasteiger partial charge on any atom is 0.221 e. The van der Waals surface area contributed by atoms with Crippen LogP contribution in [0.15, 0.2) is 29.2 Å². The highest BCUT2D eigenvalue weighted by Gasteiger charge is 2.29. The third-order valence-electron chi connectivity index (χ3n) is 3.33. The summed E-state index contributed by atoms with van der Waals surface area (Å²) >= 11 is 0. The fourth-order valence-corrected chi connectivity index (χ4v) is 3.91. The summed E-state index contributed by atoms with van der Waals surface area (Å²) in [6.45, 7) is 0.540. The van der Waals surface area contributed by atoms with Gasteiger partial charge in [-0.05, 0) is 18.1 Å². The highest BCUT2D eigenvalue weighted by molar-refractivity contribution is 7.91. The SMILES string of the molecule is CNC(=O)CCNC1CCS(=O)(=O)c2ccccc21. The van der Waals surface area contributed by atoms with E-state index in [1.165, 1.54) is 0 Å². The van der Waals surface area contributed by atoms with E-state index in [-0.39, 0.29) is 17.7 Å². The fraction of sp³-hybridized carbons (Fsp3) is 0.462. The predicted molar refractivity (Wildman–Crippen MR) is 72.5 cm³/mol. The van der Waals surface area contributed by atoms with Gasteiger partial charge in [-0.2, -0.15) is 0 Å². The summed E-state index contributed by atoms with van der Waals surface area (Å²) in [5.41, 5.74) is 0.811. The number of rotatable bonds is 4. The number of carbonyl (C=O) groups excluding carboxylic acids is 1. The van der Waals surface area contributed by atoms with Gasteiger partial charge in [0.1, 0.15) is 0 Å². The lowest BCUT2D eigenvalue weighted by Crippen LogP contribution is -2.32. The first-order chi connectivity index (χ1) is 9.04. The number of fused-ring (bicyclic) bond motifs is 1. The minimum Gasteiger partial charge on any atom is -0.359 e. The van der Waals surface area contributed by atoms with Gasteiger partial charge in [0.15, 0.2) is 9.84 Å². The van der Waals surface area contributed by atoms with E-state index in [2.05, 4.69) is 10.6 Å². The molecule has 0 aliphatic carbocycles. The van der Waals surface area contributed by atoms with Crippen LogP contribution in [0.2, 0.25) is 0 Å². The van der Waals surface area contributed by atoms with Crippen molar-refractivity contribution in [3.05, 3.63) is 29.8 Å². The Hall–Kier alpha value is -1.40. The summed E-state index contributed by atoms with van der Waals surface area (Å²) in [4.78, 5) is 11.6. The Bertz CT molecular complexity index is 569. The number of sulfone groups is 1. The highest BCUT2D eigenvalue weighted by Crippen LogP contribution is 2.31. The van der Waals surface area contributed by atoms with Gasteiger partial charge in [-0.1, -0.05) is 18.2 Å². The van der Waals surface area contributed by atoms with Crippen molar-refractivity contribution >= 4 is 15.7 Å².